The zero-order valence-corrected chi connectivity index (χ0v) is 11.4. The topological polar surface area (TPSA) is 32.8 Å². The first-order valence-electron chi connectivity index (χ1n) is 6.38. The molecule has 0 amide bonds. The van der Waals surface area contributed by atoms with Crippen molar-refractivity contribution in [2.45, 2.75) is 0 Å². The first-order valence-corrected chi connectivity index (χ1v) is 6.38. The standard InChI is InChI=1S/C14H19FN2O2/c1-16-5-7-17(8-6-16)10-13(18)12-4-3-11(15)9-14(12)19-2/h3-4,9H,5-8,10H2,1-2H3. The number of nitrogens with zero attached hydrogens (tertiary/aromatic N) is 2. The average molecular weight is 266 g/mol. The van der Waals surface area contributed by atoms with E-state index >= 15 is 0 Å². The number of ketones is 1. The van der Waals surface area contributed by atoms with Gasteiger partial charge >= 0.3 is 0 Å². The van der Waals surface area contributed by atoms with Gasteiger partial charge in [0.15, 0.2) is 5.78 Å². The molecule has 0 spiro atoms. The van der Waals surface area contributed by atoms with Crippen molar-refractivity contribution < 1.29 is 13.9 Å². The molecule has 5 heteroatoms. The Morgan fingerprint density at radius 3 is 2.63 bits per heavy atom. The van der Waals surface area contributed by atoms with Gasteiger partial charge in [0.1, 0.15) is 11.6 Å². The highest BCUT2D eigenvalue weighted by Crippen LogP contribution is 2.20. The number of methoxy groups -OCH3 is 1. The number of carbonyl (C=O) groups is 1. The van der Waals surface area contributed by atoms with Crippen molar-refractivity contribution in [3.63, 3.8) is 0 Å². The predicted molar refractivity (Wildman–Crippen MR) is 71.2 cm³/mol. The molecule has 1 aromatic carbocycles. The van der Waals surface area contributed by atoms with Crippen molar-refractivity contribution in [2.75, 3.05) is 46.9 Å². The van der Waals surface area contributed by atoms with E-state index in [-0.39, 0.29) is 5.78 Å². The van der Waals surface area contributed by atoms with E-state index in [9.17, 15) is 9.18 Å². The van der Waals surface area contributed by atoms with Crippen molar-refractivity contribution in [1.29, 1.82) is 0 Å². The third-order valence-electron chi connectivity index (χ3n) is 3.43. The summed E-state index contributed by atoms with van der Waals surface area (Å²) in [6.07, 6.45) is 0. The lowest BCUT2D eigenvalue weighted by Gasteiger charge is -2.31. The van der Waals surface area contributed by atoms with E-state index in [2.05, 4.69) is 16.8 Å². The zero-order valence-electron chi connectivity index (χ0n) is 11.4. The molecule has 19 heavy (non-hydrogen) atoms. The molecule has 0 atom stereocenters. The molecule has 0 saturated carbocycles. The van der Waals surface area contributed by atoms with Crippen LogP contribution in [0.3, 0.4) is 0 Å². The molecule has 1 aliphatic heterocycles. The number of likely N-dealkylation sites (N-methyl/N-ethyl adjacent to an activating group) is 1. The van der Waals surface area contributed by atoms with Gasteiger partial charge in [-0.05, 0) is 19.2 Å². The van der Waals surface area contributed by atoms with E-state index < -0.39 is 5.82 Å². The van der Waals surface area contributed by atoms with Gasteiger partial charge in [0.2, 0.25) is 0 Å². The van der Waals surface area contributed by atoms with E-state index in [0.717, 1.165) is 26.2 Å². The molecule has 1 fully saturated rings. The smallest absolute Gasteiger partial charge is 0.180 e. The molecule has 0 radical (unpaired) electrons. The van der Waals surface area contributed by atoms with Gasteiger partial charge in [-0.25, -0.2) is 4.39 Å². The van der Waals surface area contributed by atoms with Gasteiger partial charge < -0.3 is 9.64 Å². The second kappa shape index (κ2) is 6.12. The summed E-state index contributed by atoms with van der Waals surface area (Å²) in [5, 5.41) is 0. The number of piperazine rings is 1. The van der Waals surface area contributed by atoms with Gasteiger partial charge in [0.05, 0.1) is 19.2 Å². The number of carbonyl (C=O) groups excluding carboxylic acids is 1. The summed E-state index contributed by atoms with van der Waals surface area (Å²) in [5.41, 5.74) is 0.447. The second-order valence-corrected chi connectivity index (χ2v) is 4.85. The molecule has 1 aromatic rings. The number of ether oxygens (including phenoxy) is 1. The van der Waals surface area contributed by atoms with Gasteiger partial charge in [-0.15, -0.1) is 0 Å². The first kappa shape index (κ1) is 14.0. The van der Waals surface area contributed by atoms with E-state index in [4.69, 9.17) is 4.74 Å². The van der Waals surface area contributed by atoms with Gasteiger partial charge in [-0.2, -0.15) is 0 Å². The zero-order chi connectivity index (χ0) is 13.8. The highest BCUT2D eigenvalue weighted by molar-refractivity contribution is 6.00. The highest BCUT2D eigenvalue weighted by Gasteiger charge is 2.19. The SMILES string of the molecule is COc1cc(F)ccc1C(=O)CN1CCN(C)CC1. The molecule has 0 N–H and O–H groups in total. The van der Waals surface area contributed by atoms with E-state index in [1.165, 1.54) is 25.3 Å². The Morgan fingerprint density at radius 1 is 1.32 bits per heavy atom. The molecule has 0 aromatic heterocycles. The highest BCUT2D eigenvalue weighted by atomic mass is 19.1. The quantitative estimate of drug-likeness (QED) is 0.768. The molecule has 1 heterocycles. The molecule has 0 aliphatic carbocycles. The van der Waals surface area contributed by atoms with Crippen LogP contribution in [0.2, 0.25) is 0 Å². The number of benzene rings is 1. The number of Topliss-reactive ketones (excluding diaryl/α,β-unsaturated/α-hetero) is 1. The number of hydrogen-bond acceptors (Lipinski definition) is 4. The van der Waals surface area contributed by atoms with Crippen LogP contribution in [0.1, 0.15) is 10.4 Å². The summed E-state index contributed by atoms with van der Waals surface area (Å²) in [6, 6.07) is 4.03. The van der Waals surface area contributed by atoms with Crippen LogP contribution in [0, 0.1) is 5.82 Å². The first-order chi connectivity index (χ1) is 9.10. The van der Waals surface area contributed by atoms with Crippen molar-refractivity contribution >= 4 is 5.78 Å². The lowest BCUT2D eigenvalue weighted by molar-refractivity contribution is 0.0873. The normalized spacial score (nSPS) is 17.4. The van der Waals surface area contributed by atoms with E-state index in [1.54, 1.807) is 0 Å². The van der Waals surface area contributed by atoms with Crippen molar-refractivity contribution in [3.05, 3.63) is 29.6 Å². The van der Waals surface area contributed by atoms with Crippen molar-refractivity contribution in [3.8, 4) is 5.75 Å². The monoisotopic (exact) mass is 266 g/mol. The maximum absolute atomic E-state index is 13.1. The summed E-state index contributed by atoms with van der Waals surface area (Å²) < 4.78 is 18.2. The van der Waals surface area contributed by atoms with Crippen LogP contribution in [-0.4, -0.2) is 62.5 Å². The van der Waals surface area contributed by atoms with Crippen molar-refractivity contribution in [2.24, 2.45) is 0 Å². The van der Waals surface area contributed by atoms with Crippen LogP contribution in [0.15, 0.2) is 18.2 Å². The van der Waals surface area contributed by atoms with Crippen LogP contribution in [-0.2, 0) is 0 Å². The minimum absolute atomic E-state index is 0.0265. The summed E-state index contributed by atoms with van der Waals surface area (Å²) in [7, 11) is 3.52. The minimum Gasteiger partial charge on any atom is -0.496 e. The lowest BCUT2D eigenvalue weighted by atomic mass is 10.1. The summed E-state index contributed by atoms with van der Waals surface area (Å²) in [5.74, 6) is -0.117. The molecule has 1 saturated heterocycles. The fourth-order valence-corrected chi connectivity index (χ4v) is 2.19. The number of hydrogen-bond donors (Lipinski definition) is 0. The van der Waals surface area contributed by atoms with Gasteiger partial charge in [0, 0.05) is 32.2 Å². The molecule has 0 bridgehead atoms. The number of halogens is 1. The molecule has 104 valence electrons. The Labute approximate surface area is 112 Å². The maximum atomic E-state index is 13.1. The Hall–Kier alpha value is -1.46. The predicted octanol–water partition coefficient (Wildman–Crippen LogP) is 1.26. The molecule has 0 unspecified atom stereocenters. The minimum atomic E-state index is -0.395. The third-order valence-corrected chi connectivity index (χ3v) is 3.43. The fourth-order valence-electron chi connectivity index (χ4n) is 2.19. The van der Waals surface area contributed by atoms with Gasteiger partial charge in [-0.3, -0.25) is 9.69 Å². The summed E-state index contributed by atoms with van der Waals surface area (Å²) in [4.78, 5) is 16.6. The van der Waals surface area contributed by atoms with Crippen molar-refractivity contribution in [1.82, 2.24) is 9.80 Å². The van der Waals surface area contributed by atoms with E-state index in [0.29, 0.717) is 17.9 Å². The Kier molecular flexibility index (Phi) is 4.50. The van der Waals surface area contributed by atoms with Crippen LogP contribution >= 0.6 is 0 Å². The van der Waals surface area contributed by atoms with Crippen LogP contribution in [0.25, 0.3) is 0 Å². The molecule has 2 rings (SSSR count). The maximum Gasteiger partial charge on any atom is 0.180 e. The van der Waals surface area contributed by atoms with Crippen LogP contribution in [0.4, 0.5) is 4.39 Å². The second-order valence-electron chi connectivity index (χ2n) is 4.85. The van der Waals surface area contributed by atoms with Gasteiger partial charge in [-0.1, -0.05) is 0 Å². The summed E-state index contributed by atoms with van der Waals surface area (Å²) in [6.45, 7) is 4.05. The largest absolute Gasteiger partial charge is 0.496 e. The Morgan fingerprint density at radius 2 is 2.00 bits per heavy atom. The van der Waals surface area contributed by atoms with E-state index in [1.807, 2.05) is 0 Å². The number of rotatable bonds is 4. The summed E-state index contributed by atoms with van der Waals surface area (Å²) >= 11 is 0. The van der Waals surface area contributed by atoms with Gasteiger partial charge in [0.25, 0.3) is 0 Å². The van der Waals surface area contributed by atoms with Crippen LogP contribution in [0.5, 0.6) is 5.75 Å². The molecular weight excluding hydrogens is 247 g/mol. The van der Waals surface area contributed by atoms with Crippen LogP contribution < -0.4 is 4.74 Å². The molecule has 1 aliphatic rings. The third kappa shape index (κ3) is 3.52. The average Bonchev–Trinajstić information content (AvgIpc) is 2.41. The Balaban J connectivity index is 2.03. The Bertz CT molecular complexity index is 457. The lowest BCUT2D eigenvalue weighted by Crippen LogP contribution is -2.46. The molecule has 4 nitrogen and oxygen atoms in total. The fraction of sp³-hybridized carbons (Fsp3) is 0.500. The molecular formula is C14H19FN2O2.